The third-order valence-electron chi connectivity index (χ3n) is 3.74. The molecule has 1 aromatic carbocycles. The highest BCUT2D eigenvalue weighted by molar-refractivity contribution is 9.11. The van der Waals surface area contributed by atoms with Gasteiger partial charge in [0.15, 0.2) is 0 Å². The Balaban J connectivity index is 2.07. The summed E-state index contributed by atoms with van der Waals surface area (Å²) in [6.07, 6.45) is 6.09. The van der Waals surface area contributed by atoms with E-state index in [1.54, 1.807) is 0 Å². The van der Waals surface area contributed by atoms with Crippen LogP contribution in [0, 0.1) is 5.92 Å². The van der Waals surface area contributed by atoms with Gasteiger partial charge in [0, 0.05) is 0 Å². The molecule has 0 bridgehead atoms. The highest BCUT2D eigenvalue weighted by Crippen LogP contribution is 2.37. The average molecular weight is 391 g/mol. The molecule has 19 heavy (non-hydrogen) atoms. The first-order valence-electron chi connectivity index (χ1n) is 6.94. The molecular weight excluding hydrogens is 370 g/mol. The zero-order valence-corrected chi connectivity index (χ0v) is 14.5. The Morgan fingerprint density at radius 3 is 2.26 bits per heavy atom. The lowest BCUT2D eigenvalue weighted by molar-refractivity contribution is 0.134. The van der Waals surface area contributed by atoms with Crippen LogP contribution in [-0.4, -0.2) is 12.6 Å². The molecule has 0 unspecified atom stereocenters. The van der Waals surface area contributed by atoms with Crippen LogP contribution < -0.4 is 10.5 Å². The highest BCUT2D eigenvalue weighted by atomic mass is 79.9. The Hall–Kier alpha value is -0.0600. The number of nitrogens with two attached hydrogens (primary N) is 1. The number of benzene rings is 1. The first kappa shape index (κ1) is 15.3. The lowest BCUT2D eigenvalue weighted by atomic mass is 9.89. The number of halogens is 2. The van der Waals surface area contributed by atoms with E-state index in [4.69, 9.17) is 10.5 Å². The van der Waals surface area contributed by atoms with E-state index < -0.39 is 0 Å². The normalized spacial score (nSPS) is 23.4. The highest BCUT2D eigenvalue weighted by Gasteiger charge is 2.21. The standard InChI is InChI=1S/C15H21Br2NO/c1-10-2-4-12(5-3-10)19-15-13(16)8-11(6-7-18)9-14(15)17/h8-10,12H,2-7,18H2,1H3. The summed E-state index contributed by atoms with van der Waals surface area (Å²) in [5, 5.41) is 0. The maximum Gasteiger partial charge on any atom is 0.148 e. The molecule has 2 rings (SSSR count). The van der Waals surface area contributed by atoms with Gasteiger partial charge in [-0.2, -0.15) is 0 Å². The van der Waals surface area contributed by atoms with E-state index in [9.17, 15) is 0 Å². The third kappa shape index (κ3) is 4.20. The molecule has 1 aliphatic rings. The molecule has 0 aromatic heterocycles. The van der Waals surface area contributed by atoms with E-state index in [0.717, 1.165) is 39.9 Å². The van der Waals surface area contributed by atoms with Crippen LogP contribution in [0.4, 0.5) is 0 Å². The van der Waals surface area contributed by atoms with Crippen molar-refractivity contribution < 1.29 is 4.74 Å². The van der Waals surface area contributed by atoms with Gasteiger partial charge in [-0.05, 0) is 94.1 Å². The van der Waals surface area contributed by atoms with E-state index in [0.29, 0.717) is 12.6 Å². The SMILES string of the molecule is CC1CCC(Oc2c(Br)cc(CCN)cc2Br)CC1. The second-order valence-electron chi connectivity index (χ2n) is 5.43. The molecule has 1 saturated carbocycles. The molecule has 0 aliphatic heterocycles. The van der Waals surface area contributed by atoms with Crippen LogP contribution in [0.3, 0.4) is 0 Å². The second kappa shape index (κ2) is 7.09. The predicted octanol–water partition coefficient (Wildman–Crippen LogP) is 4.67. The van der Waals surface area contributed by atoms with Gasteiger partial charge >= 0.3 is 0 Å². The lowest BCUT2D eigenvalue weighted by Gasteiger charge is -2.27. The van der Waals surface area contributed by atoms with Crippen molar-refractivity contribution in [1.29, 1.82) is 0 Å². The van der Waals surface area contributed by atoms with Gasteiger partial charge < -0.3 is 10.5 Å². The summed E-state index contributed by atoms with van der Waals surface area (Å²) < 4.78 is 8.21. The lowest BCUT2D eigenvalue weighted by Crippen LogP contribution is -2.23. The van der Waals surface area contributed by atoms with Crippen molar-refractivity contribution in [1.82, 2.24) is 0 Å². The first-order chi connectivity index (χ1) is 9.10. The Bertz CT molecular complexity index is 405. The molecule has 106 valence electrons. The molecular formula is C15H21Br2NO. The molecule has 0 radical (unpaired) electrons. The third-order valence-corrected chi connectivity index (χ3v) is 4.92. The predicted molar refractivity (Wildman–Crippen MR) is 86.6 cm³/mol. The van der Waals surface area contributed by atoms with Crippen LogP contribution in [0.1, 0.15) is 38.2 Å². The molecule has 1 fully saturated rings. The number of rotatable bonds is 4. The average Bonchev–Trinajstić information content (AvgIpc) is 2.36. The second-order valence-corrected chi connectivity index (χ2v) is 7.14. The molecule has 0 heterocycles. The number of ether oxygens (including phenoxy) is 1. The summed E-state index contributed by atoms with van der Waals surface area (Å²) in [7, 11) is 0. The summed E-state index contributed by atoms with van der Waals surface area (Å²) in [6.45, 7) is 2.99. The van der Waals surface area contributed by atoms with Crippen LogP contribution in [0.5, 0.6) is 5.75 Å². The summed E-state index contributed by atoms with van der Waals surface area (Å²) in [5.74, 6) is 1.78. The van der Waals surface area contributed by atoms with Crippen LogP contribution in [0.15, 0.2) is 21.1 Å². The summed E-state index contributed by atoms with van der Waals surface area (Å²) in [6, 6.07) is 4.22. The van der Waals surface area contributed by atoms with Gasteiger partial charge in [0.1, 0.15) is 5.75 Å². The minimum Gasteiger partial charge on any atom is -0.488 e. The van der Waals surface area contributed by atoms with Crippen molar-refractivity contribution in [2.75, 3.05) is 6.54 Å². The monoisotopic (exact) mass is 389 g/mol. The Kier molecular flexibility index (Phi) is 5.72. The smallest absolute Gasteiger partial charge is 0.148 e. The van der Waals surface area contributed by atoms with Crippen LogP contribution in [0.2, 0.25) is 0 Å². The molecule has 0 spiro atoms. The fourth-order valence-electron chi connectivity index (χ4n) is 2.55. The Labute approximate surface area is 132 Å². The minimum atomic E-state index is 0.351. The Morgan fingerprint density at radius 2 is 1.74 bits per heavy atom. The van der Waals surface area contributed by atoms with Crippen molar-refractivity contribution in [2.24, 2.45) is 11.7 Å². The molecule has 0 atom stereocenters. The van der Waals surface area contributed by atoms with Crippen LogP contribution in [-0.2, 0) is 6.42 Å². The van der Waals surface area contributed by atoms with Crippen molar-refractivity contribution >= 4 is 31.9 Å². The van der Waals surface area contributed by atoms with Crippen molar-refractivity contribution in [3.8, 4) is 5.75 Å². The van der Waals surface area contributed by atoms with E-state index in [2.05, 4.69) is 50.9 Å². The van der Waals surface area contributed by atoms with Crippen molar-refractivity contribution in [3.05, 3.63) is 26.6 Å². The number of hydrogen-bond donors (Lipinski definition) is 1. The molecule has 1 aromatic rings. The minimum absolute atomic E-state index is 0.351. The zero-order chi connectivity index (χ0) is 13.8. The summed E-state index contributed by atoms with van der Waals surface area (Å²) >= 11 is 7.22. The van der Waals surface area contributed by atoms with E-state index in [1.807, 2.05) is 0 Å². The number of hydrogen-bond acceptors (Lipinski definition) is 2. The molecule has 2 nitrogen and oxygen atoms in total. The maximum atomic E-state index is 6.17. The van der Waals surface area contributed by atoms with Gasteiger partial charge in [0.2, 0.25) is 0 Å². The summed E-state index contributed by atoms with van der Waals surface area (Å²) in [4.78, 5) is 0. The first-order valence-corrected chi connectivity index (χ1v) is 8.53. The van der Waals surface area contributed by atoms with Gasteiger partial charge in [0.05, 0.1) is 15.0 Å². The van der Waals surface area contributed by atoms with Crippen molar-refractivity contribution in [3.63, 3.8) is 0 Å². The van der Waals surface area contributed by atoms with E-state index in [1.165, 1.54) is 18.4 Å². The molecule has 1 aliphatic carbocycles. The largest absolute Gasteiger partial charge is 0.488 e. The van der Waals surface area contributed by atoms with Gasteiger partial charge in [-0.1, -0.05) is 6.92 Å². The van der Waals surface area contributed by atoms with Gasteiger partial charge in [-0.25, -0.2) is 0 Å². The molecule has 0 saturated heterocycles. The fourth-order valence-corrected chi connectivity index (χ4v) is 4.02. The summed E-state index contributed by atoms with van der Waals surface area (Å²) in [5.41, 5.74) is 6.83. The fraction of sp³-hybridized carbons (Fsp3) is 0.600. The van der Waals surface area contributed by atoms with E-state index >= 15 is 0 Å². The van der Waals surface area contributed by atoms with Gasteiger partial charge in [0.25, 0.3) is 0 Å². The Morgan fingerprint density at radius 1 is 1.16 bits per heavy atom. The van der Waals surface area contributed by atoms with Gasteiger partial charge in [-0.15, -0.1) is 0 Å². The zero-order valence-electron chi connectivity index (χ0n) is 11.3. The molecule has 4 heteroatoms. The topological polar surface area (TPSA) is 35.2 Å². The molecule has 2 N–H and O–H groups in total. The molecule has 0 amide bonds. The van der Waals surface area contributed by atoms with Crippen LogP contribution >= 0.6 is 31.9 Å². The van der Waals surface area contributed by atoms with Crippen LogP contribution in [0.25, 0.3) is 0 Å². The van der Waals surface area contributed by atoms with Crippen molar-refractivity contribution in [2.45, 2.75) is 45.1 Å². The maximum absolute atomic E-state index is 6.17. The quantitative estimate of drug-likeness (QED) is 0.810. The van der Waals surface area contributed by atoms with E-state index in [-0.39, 0.29) is 0 Å². The van der Waals surface area contributed by atoms with Gasteiger partial charge in [-0.3, -0.25) is 0 Å².